The number of halogens is 3. The van der Waals surface area contributed by atoms with Gasteiger partial charge >= 0.3 is 5.97 Å². The number of aliphatic carboxylic acids is 1. The van der Waals surface area contributed by atoms with E-state index in [9.17, 15) is 28.3 Å². The molecule has 2 aromatic heterocycles. The van der Waals surface area contributed by atoms with Crippen molar-refractivity contribution < 1.29 is 23.5 Å². The second-order valence-electron chi connectivity index (χ2n) is 10.6. The van der Waals surface area contributed by atoms with Gasteiger partial charge in [-0.25, -0.2) is 25.0 Å². The molecule has 2 bridgehead atoms. The number of nitrogens with zero attached hydrogens (tertiary/aromatic N) is 5. The van der Waals surface area contributed by atoms with Crippen molar-refractivity contribution in [2.75, 3.05) is 10.0 Å². The van der Waals surface area contributed by atoms with Crippen molar-refractivity contribution >= 4 is 34.9 Å². The number of nitrogens with one attached hydrogen (secondary N) is 2. The van der Waals surface area contributed by atoms with E-state index in [-0.39, 0.29) is 23.1 Å². The number of allylic oxidation sites excluding steroid dienone is 1. The molecule has 0 fully saturated rings. The number of aromatic nitrogens is 3. The molecule has 13 nitrogen and oxygen atoms in total. The van der Waals surface area contributed by atoms with Crippen LogP contribution in [0, 0.1) is 5.92 Å². The minimum absolute atomic E-state index is 0.184. The standard InChI is InChI=1S/C29H30ClF2N9O4/c1-15-3-2-4-24(21-10-17(7-8-35-21)41-25(37-28(15)43)11-22(38-41)29(44)45)39-14-36-20(12-26(39)42)18-9-16(30)5-6-23(18)40(34)13-19(33)27(31)32/h5-15,22,24,27,38H,2-4,33-34H2,1H3,(H,37,43)(H,44,45)/b19-13-/t15-,22?,24+/m1/s1. The monoisotopic (exact) mass is 641 g/mol. The number of hydrazine groups is 2. The van der Waals surface area contributed by atoms with Gasteiger partial charge in [-0.3, -0.25) is 34.0 Å². The summed E-state index contributed by atoms with van der Waals surface area (Å²) in [7, 11) is 0. The van der Waals surface area contributed by atoms with Crippen LogP contribution in [-0.2, 0) is 9.59 Å². The Morgan fingerprint density at radius 1 is 1.20 bits per heavy atom. The number of carboxylic acids is 1. The Labute approximate surface area is 260 Å². The SMILES string of the molecule is C[C@@H]1CCC[C@H](n2cnc(-c3cc(Cl)ccc3N(N)/C=C(\N)C(F)F)cc2=O)c2cc(ccn2)N2NC(C(=O)O)C=C2NC1=O. The summed E-state index contributed by atoms with van der Waals surface area (Å²) in [4.78, 5) is 47.3. The molecule has 1 aromatic carbocycles. The summed E-state index contributed by atoms with van der Waals surface area (Å²) in [5, 5.41) is 15.1. The number of hydrogen-bond acceptors (Lipinski definition) is 10. The second kappa shape index (κ2) is 13.0. The van der Waals surface area contributed by atoms with Crippen molar-refractivity contribution in [3.63, 3.8) is 0 Å². The fourth-order valence-electron chi connectivity index (χ4n) is 5.12. The zero-order valence-corrected chi connectivity index (χ0v) is 24.7. The topological polar surface area (TPSA) is 185 Å². The van der Waals surface area contributed by atoms with Gasteiger partial charge in [0.15, 0.2) is 0 Å². The Morgan fingerprint density at radius 3 is 2.69 bits per heavy atom. The molecular formula is C29H30ClF2N9O4. The van der Waals surface area contributed by atoms with E-state index in [4.69, 9.17) is 23.2 Å². The molecule has 236 valence electrons. The molecule has 2 aliphatic heterocycles. The van der Waals surface area contributed by atoms with Crippen molar-refractivity contribution in [2.45, 2.75) is 44.7 Å². The first-order chi connectivity index (χ1) is 21.4. The molecule has 0 saturated heterocycles. The molecule has 0 aliphatic carbocycles. The van der Waals surface area contributed by atoms with Crippen LogP contribution in [0.15, 0.2) is 77.5 Å². The molecule has 0 spiro atoms. The summed E-state index contributed by atoms with van der Waals surface area (Å²) in [5.74, 6) is 4.48. The van der Waals surface area contributed by atoms with E-state index < -0.39 is 41.7 Å². The molecule has 16 heteroatoms. The number of benzene rings is 1. The third-order valence-corrected chi connectivity index (χ3v) is 7.74. The zero-order valence-electron chi connectivity index (χ0n) is 23.9. The van der Waals surface area contributed by atoms with E-state index in [0.29, 0.717) is 41.2 Å². The number of carbonyl (C=O) groups excluding carboxylic acids is 1. The average molecular weight is 642 g/mol. The van der Waals surface area contributed by atoms with Gasteiger partial charge in [0, 0.05) is 35.0 Å². The Hall–Kier alpha value is -4.86. The summed E-state index contributed by atoms with van der Waals surface area (Å²) in [5.41, 5.74) is 8.75. The molecule has 0 radical (unpaired) electrons. The van der Waals surface area contributed by atoms with Crippen LogP contribution in [0.1, 0.15) is 37.9 Å². The van der Waals surface area contributed by atoms with Gasteiger partial charge in [-0.15, -0.1) is 0 Å². The lowest BCUT2D eigenvalue weighted by Gasteiger charge is -2.27. The molecule has 2 aliphatic rings. The summed E-state index contributed by atoms with van der Waals surface area (Å²) in [6.07, 6.45) is 3.71. The quantitative estimate of drug-likeness (QED) is 0.197. The molecule has 4 heterocycles. The molecule has 45 heavy (non-hydrogen) atoms. The van der Waals surface area contributed by atoms with Crippen LogP contribution in [0.3, 0.4) is 0 Å². The van der Waals surface area contributed by atoms with Gasteiger partial charge in [-0.05, 0) is 49.2 Å². The first kappa shape index (κ1) is 31.6. The smallest absolute Gasteiger partial charge is 0.326 e. The number of nitrogens with two attached hydrogens (primary N) is 2. The summed E-state index contributed by atoms with van der Waals surface area (Å²) in [6, 6.07) is 7.45. The lowest BCUT2D eigenvalue weighted by molar-refractivity contribution is -0.138. The first-order valence-electron chi connectivity index (χ1n) is 13.9. The molecule has 1 amide bonds. The van der Waals surface area contributed by atoms with Crippen molar-refractivity contribution in [3.8, 4) is 11.3 Å². The van der Waals surface area contributed by atoms with Crippen molar-refractivity contribution in [1.29, 1.82) is 0 Å². The number of carboxylic acid groups (broad SMARTS) is 1. The predicted molar refractivity (Wildman–Crippen MR) is 163 cm³/mol. The fraction of sp³-hybridized carbons (Fsp3) is 0.276. The van der Waals surface area contributed by atoms with Gasteiger partial charge in [-0.1, -0.05) is 24.9 Å². The first-order valence-corrected chi connectivity index (χ1v) is 14.3. The highest BCUT2D eigenvalue weighted by atomic mass is 35.5. The lowest BCUT2D eigenvalue weighted by Crippen LogP contribution is -2.44. The molecule has 0 saturated carbocycles. The molecule has 3 atom stereocenters. The molecular weight excluding hydrogens is 612 g/mol. The maximum Gasteiger partial charge on any atom is 0.326 e. The summed E-state index contributed by atoms with van der Waals surface area (Å²) in [6.45, 7) is 1.77. The summed E-state index contributed by atoms with van der Waals surface area (Å²) >= 11 is 6.22. The van der Waals surface area contributed by atoms with Gasteiger partial charge in [-0.2, -0.15) is 0 Å². The normalized spacial score (nSPS) is 20.5. The van der Waals surface area contributed by atoms with Crippen LogP contribution < -0.4 is 37.9 Å². The second-order valence-corrected chi connectivity index (χ2v) is 11.1. The van der Waals surface area contributed by atoms with Crippen LogP contribution in [0.4, 0.5) is 20.2 Å². The molecule has 3 aromatic rings. The van der Waals surface area contributed by atoms with E-state index in [1.165, 1.54) is 52.4 Å². The highest BCUT2D eigenvalue weighted by Gasteiger charge is 2.32. The molecule has 5 rings (SSSR count). The van der Waals surface area contributed by atoms with Gasteiger partial charge < -0.3 is 16.2 Å². The molecule has 1 unspecified atom stereocenters. The number of anilines is 2. The number of pyridine rings is 1. The largest absolute Gasteiger partial charge is 0.480 e. The number of hydrogen-bond donors (Lipinski definition) is 5. The predicted octanol–water partition coefficient (Wildman–Crippen LogP) is 2.85. The fourth-order valence-corrected chi connectivity index (χ4v) is 5.29. The van der Waals surface area contributed by atoms with Gasteiger partial charge in [0.1, 0.15) is 11.9 Å². The van der Waals surface area contributed by atoms with E-state index >= 15 is 0 Å². The highest BCUT2D eigenvalue weighted by Crippen LogP contribution is 2.33. The van der Waals surface area contributed by atoms with Crippen LogP contribution in [0.25, 0.3) is 11.3 Å². The lowest BCUT2D eigenvalue weighted by atomic mass is 9.98. The van der Waals surface area contributed by atoms with E-state index in [1.807, 2.05) is 0 Å². The number of rotatable bonds is 6. The number of fused-ring (bicyclic) bond motifs is 4. The van der Waals surface area contributed by atoms with Crippen LogP contribution >= 0.6 is 11.6 Å². The van der Waals surface area contributed by atoms with Crippen LogP contribution in [0.5, 0.6) is 0 Å². The van der Waals surface area contributed by atoms with Crippen molar-refractivity contribution in [3.05, 3.63) is 93.8 Å². The third-order valence-electron chi connectivity index (χ3n) is 7.50. The Bertz CT molecular complexity index is 1750. The van der Waals surface area contributed by atoms with Gasteiger partial charge in [0.2, 0.25) is 5.91 Å². The molecule has 7 N–H and O–H groups in total. The number of amides is 1. The van der Waals surface area contributed by atoms with E-state index in [2.05, 4.69) is 20.7 Å². The Kier molecular flexibility index (Phi) is 9.13. The summed E-state index contributed by atoms with van der Waals surface area (Å²) < 4.78 is 27.5. The van der Waals surface area contributed by atoms with Crippen molar-refractivity contribution in [2.24, 2.45) is 17.5 Å². The Balaban J connectivity index is 1.55. The average Bonchev–Trinajstić information content (AvgIpc) is 3.43. The van der Waals surface area contributed by atoms with Crippen molar-refractivity contribution in [1.82, 2.24) is 25.3 Å². The van der Waals surface area contributed by atoms with Gasteiger partial charge in [0.05, 0.1) is 40.8 Å². The Morgan fingerprint density at radius 2 is 1.98 bits per heavy atom. The number of alkyl halides is 2. The van der Waals surface area contributed by atoms with E-state index in [1.54, 1.807) is 19.1 Å². The maximum absolute atomic E-state index is 13.7. The maximum atomic E-state index is 13.7. The van der Waals surface area contributed by atoms with Crippen LogP contribution in [-0.4, -0.2) is 44.0 Å². The van der Waals surface area contributed by atoms with Crippen LogP contribution in [0.2, 0.25) is 5.02 Å². The van der Waals surface area contributed by atoms with Gasteiger partial charge in [0.25, 0.3) is 12.0 Å². The zero-order chi connectivity index (χ0) is 32.4. The van der Waals surface area contributed by atoms with E-state index in [0.717, 1.165) is 11.2 Å². The highest BCUT2D eigenvalue weighted by molar-refractivity contribution is 6.31. The third kappa shape index (κ3) is 6.79. The minimum atomic E-state index is -2.92. The number of carbonyl (C=O) groups is 2. The minimum Gasteiger partial charge on any atom is -0.480 e.